The zero-order chi connectivity index (χ0) is 14.0. The second kappa shape index (κ2) is 5.54. The average Bonchev–Trinajstić information content (AvgIpc) is 2.87. The van der Waals surface area contributed by atoms with E-state index >= 15 is 0 Å². The first-order valence-corrected chi connectivity index (χ1v) is 7.96. The van der Waals surface area contributed by atoms with E-state index in [2.05, 4.69) is 54.3 Å². The second-order valence-corrected chi connectivity index (χ2v) is 7.64. The molecule has 0 spiro atoms. The van der Waals surface area contributed by atoms with Crippen molar-refractivity contribution in [1.29, 1.82) is 0 Å². The van der Waals surface area contributed by atoms with Gasteiger partial charge in [-0.1, -0.05) is 20.8 Å². The third-order valence-corrected chi connectivity index (χ3v) is 4.59. The molecule has 104 valence electrons. The molecule has 0 fully saturated rings. The van der Waals surface area contributed by atoms with Gasteiger partial charge in [-0.3, -0.25) is 0 Å². The Morgan fingerprint density at radius 2 is 1.89 bits per heavy atom. The fourth-order valence-corrected chi connectivity index (χ4v) is 3.24. The van der Waals surface area contributed by atoms with Gasteiger partial charge < -0.3 is 5.32 Å². The molecule has 0 amide bonds. The van der Waals surface area contributed by atoms with Crippen LogP contribution in [0.1, 0.15) is 42.2 Å². The zero-order valence-electron chi connectivity index (χ0n) is 12.1. The summed E-state index contributed by atoms with van der Waals surface area (Å²) in [6.07, 6.45) is 0.934. The van der Waals surface area contributed by atoms with Gasteiger partial charge in [0.05, 0.1) is 10.7 Å². The van der Waals surface area contributed by atoms with Gasteiger partial charge in [-0.05, 0) is 13.8 Å². The molecule has 6 heteroatoms. The van der Waals surface area contributed by atoms with E-state index in [4.69, 9.17) is 0 Å². The Hall–Kier alpha value is -1.01. The molecule has 2 aromatic heterocycles. The summed E-state index contributed by atoms with van der Waals surface area (Å²) in [6, 6.07) is 0. The highest BCUT2D eigenvalue weighted by Gasteiger charge is 2.19. The Morgan fingerprint density at radius 3 is 2.42 bits per heavy atom. The van der Waals surface area contributed by atoms with Gasteiger partial charge in [-0.15, -0.1) is 11.3 Å². The van der Waals surface area contributed by atoms with Gasteiger partial charge in [0.2, 0.25) is 5.13 Å². The van der Waals surface area contributed by atoms with Crippen LogP contribution in [0.2, 0.25) is 0 Å². The van der Waals surface area contributed by atoms with E-state index in [1.54, 1.807) is 11.3 Å². The van der Waals surface area contributed by atoms with E-state index in [1.807, 2.05) is 0 Å². The number of aromatic nitrogens is 3. The van der Waals surface area contributed by atoms with Crippen molar-refractivity contribution in [2.75, 3.05) is 11.9 Å². The van der Waals surface area contributed by atoms with Crippen LogP contribution in [0.15, 0.2) is 0 Å². The molecule has 0 aliphatic carbocycles. The lowest BCUT2D eigenvalue weighted by Crippen LogP contribution is -2.13. The summed E-state index contributed by atoms with van der Waals surface area (Å²) < 4.78 is 4.39. The summed E-state index contributed by atoms with van der Waals surface area (Å²) in [7, 11) is 0. The molecule has 19 heavy (non-hydrogen) atoms. The largest absolute Gasteiger partial charge is 0.360 e. The van der Waals surface area contributed by atoms with Crippen molar-refractivity contribution in [3.05, 3.63) is 21.4 Å². The molecule has 0 aliphatic heterocycles. The summed E-state index contributed by atoms with van der Waals surface area (Å²) in [5.74, 6) is 0.904. The summed E-state index contributed by atoms with van der Waals surface area (Å²) in [5, 5.41) is 5.41. The minimum atomic E-state index is 0.0139. The number of aryl methyl sites for hydroxylation is 2. The second-order valence-electron chi connectivity index (χ2n) is 5.60. The molecule has 1 N–H and O–H groups in total. The zero-order valence-corrected chi connectivity index (χ0v) is 13.7. The van der Waals surface area contributed by atoms with Crippen molar-refractivity contribution < 1.29 is 0 Å². The first-order valence-electron chi connectivity index (χ1n) is 6.37. The third kappa shape index (κ3) is 3.73. The van der Waals surface area contributed by atoms with Crippen LogP contribution in [0.5, 0.6) is 0 Å². The highest BCUT2D eigenvalue weighted by molar-refractivity contribution is 7.11. The van der Waals surface area contributed by atoms with Gasteiger partial charge >= 0.3 is 0 Å². The monoisotopic (exact) mass is 296 g/mol. The molecule has 2 rings (SSSR count). The highest BCUT2D eigenvalue weighted by atomic mass is 32.1. The maximum Gasteiger partial charge on any atom is 0.202 e. The van der Waals surface area contributed by atoms with Crippen molar-refractivity contribution in [2.45, 2.75) is 46.5 Å². The van der Waals surface area contributed by atoms with E-state index in [0.717, 1.165) is 29.6 Å². The molecule has 0 atom stereocenters. The Balaban J connectivity index is 1.87. The predicted molar refractivity (Wildman–Crippen MR) is 82.4 cm³/mol. The number of hydrogen-bond donors (Lipinski definition) is 1. The number of nitrogens with zero attached hydrogens (tertiary/aromatic N) is 3. The van der Waals surface area contributed by atoms with Crippen molar-refractivity contribution >= 4 is 28.0 Å². The van der Waals surface area contributed by atoms with Crippen LogP contribution in [0.4, 0.5) is 5.13 Å². The Bertz CT molecular complexity index is 532. The lowest BCUT2D eigenvalue weighted by Gasteiger charge is -2.12. The molecular formula is C13H20N4S2. The molecule has 0 saturated heterocycles. The van der Waals surface area contributed by atoms with Gasteiger partial charge in [0, 0.05) is 34.8 Å². The first-order chi connectivity index (χ1) is 8.86. The summed E-state index contributed by atoms with van der Waals surface area (Å²) in [4.78, 5) is 10.4. The fourth-order valence-electron chi connectivity index (χ4n) is 1.52. The van der Waals surface area contributed by atoms with Crippen molar-refractivity contribution in [2.24, 2.45) is 0 Å². The van der Waals surface area contributed by atoms with Crippen molar-refractivity contribution in [3.63, 3.8) is 0 Å². The lowest BCUT2D eigenvalue weighted by molar-refractivity contribution is 0.555. The molecule has 2 heterocycles. The predicted octanol–water partition coefficient (Wildman–Crippen LogP) is 3.56. The number of anilines is 1. The maximum atomic E-state index is 4.53. The molecule has 0 bridgehead atoms. The maximum absolute atomic E-state index is 4.53. The van der Waals surface area contributed by atoms with Crippen LogP contribution in [0, 0.1) is 13.8 Å². The van der Waals surface area contributed by atoms with Crippen molar-refractivity contribution in [3.8, 4) is 0 Å². The molecule has 0 aromatic carbocycles. The summed E-state index contributed by atoms with van der Waals surface area (Å²) in [5.41, 5.74) is 1.16. The number of rotatable bonds is 4. The Labute approximate surface area is 122 Å². The van der Waals surface area contributed by atoms with Gasteiger partial charge in [0.1, 0.15) is 5.82 Å². The van der Waals surface area contributed by atoms with Gasteiger partial charge in [0.15, 0.2) is 0 Å². The Kier molecular flexibility index (Phi) is 4.20. The van der Waals surface area contributed by atoms with Crippen LogP contribution in [-0.4, -0.2) is 20.9 Å². The van der Waals surface area contributed by atoms with Crippen LogP contribution < -0.4 is 5.32 Å². The van der Waals surface area contributed by atoms with Gasteiger partial charge in [0.25, 0.3) is 0 Å². The van der Waals surface area contributed by atoms with Crippen molar-refractivity contribution in [1.82, 2.24) is 14.3 Å². The van der Waals surface area contributed by atoms with Crippen LogP contribution in [-0.2, 0) is 11.8 Å². The topological polar surface area (TPSA) is 50.7 Å². The van der Waals surface area contributed by atoms with Crippen LogP contribution in [0.25, 0.3) is 0 Å². The lowest BCUT2D eigenvalue weighted by atomic mass is 9.96. The summed E-state index contributed by atoms with van der Waals surface area (Å²) >= 11 is 3.21. The first kappa shape index (κ1) is 14.4. The molecular weight excluding hydrogens is 276 g/mol. The molecule has 4 nitrogen and oxygen atoms in total. The molecule has 0 radical (unpaired) electrons. The molecule has 0 unspecified atom stereocenters. The number of thiazole rings is 1. The number of hydrogen-bond acceptors (Lipinski definition) is 6. The quantitative estimate of drug-likeness (QED) is 0.937. The Morgan fingerprint density at radius 1 is 1.16 bits per heavy atom. The van der Waals surface area contributed by atoms with Crippen LogP contribution in [0.3, 0.4) is 0 Å². The van der Waals surface area contributed by atoms with Gasteiger partial charge in [-0.2, -0.15) is 4.37 Å². The standard InChI is InChI=1S/C13H20N4S2/c1-8-9(2)18-10(15-8)6-7-14-12-16-11(17-19-12)13(3,4)5/h6-7H2,1-5H3,(H,14,16,17). The fraction of sp³-hybridized carbons (Fsp3) is 0.615. The van der Waals surface area contributed by atoms with Crippen LogP contribution >= 0.6 is 22.9 Å². The van der Waals surface area contributed by atoms with E-state index in [1.165, 1.54) is 21.4 Å². The van der Waals surface area contributed by atoms with E-state index < -0.39 is 0 Å². The molecule has 0 saturated carbocycles. The third-order valence-electron chi connectivity index (χ3n) is 2.78. The SMILES string of the molecule is Cc1nc(CCNc2nc(C(C)(C)C)ns2)sc1C. The highest BCUT2D eigenvalue weighted by Crippen LogP contribution is 2.23. The minimum Gasteiger partial charge on any atom is -0.360 e. The van der Waals surface area contributed by atoms with E-state index in [-0.39, 0.29) is 5.41 Å². The van der Waals surface area contributed by atoms with Gasteiger partial charge in [-0.25, -0.2) is 9.97 Å². The molecule has 0 aliphatic rings. The van der Waals surface area contributed by atoms with E-state index in [9.17, 15) is 0 Å². The van der Waals surface area contributed by atoms with E-state index in [0.29, 0.717) is 0 Å². The normalized spacial score (nSPS) is 11.8. The number of nitrogens with one attached hydrogen (secondary N) is 1. The smallest absolute Gasteiger partial charge is 0.202 e. The average molecular weight is 296 g/mol. The molecule has 2 aromatic rings. The minimum absolute atomic E-state index is 0.0139. The summed E-state index contributed by atoms with van der Waals surface area (Å²) in [6.45, 7) is 11.4.